The fourth-order valence-electron chi connectivity index (χ4n) is 5.21. The minimum atomic E-state index is -1.75. The highest BCUT2D eigenvalue weighted by atomic mass is 19.1. The first kappa shape index (κ1) is 38.0. The van der Waals surface area contributed by atoms with Crippen LogP contribution < -0.4 is 9.47 Å². The Balaban J connectivity index is 0.000000267. The number of aliphatic hydroxyl groups is 1. The first-order valence-corrected chi connectivity index (χ1v) is 15.1. The van der Waals surface area contributed by atoms with Gasteiger partial charge in [0.2, 0.25) is 17.9 Å². The number of carbonyl (C=O) groups excluding carboxylic acids is 1. The van der Waals surface area contributed by atoms with Crippen molar-refractivity contribution < 1.29 is 52.7 Å². The van der Waals surface area contributed by atoms with Gasteiger partial charge < -0.3 is 29.5 Å². The maximum atomic E-state index is 14.3. The van der Waals surface area contributed by atoms with Crippen LogP contribution in [-0.4, -0.2) is 57.4 Å². The standard InChI is InChI=1S/C19H20FNO5.C17H18FNO4/c1-10(2)14-8-13(20)9-15(12-5-6-21-16(7-12)25-4)17(14)18(19(23)24)26-11(3)22;1-9(2)12-7-11(18)8-13(15(12)16(20)17(21)22)10-4-5-19-14(6-10)23-3/h5-10,18H,1-4H3,(H,23,24);4-9,16,20H,1-3H3,(H,21,22). The number of hydrogen-bond acceptors (Lipinski definition) is 9. The molecule has 11 nitrogen and oxygen atoms in total. The van der Waals surface area contributed by atoms with E-state index in [4.69, 9.17) is 14.2 Å². The largest absolute Gasteiger partial charge is 0.481 e. The molecular weight excluding hydrogens is 642 g/mol. The Bertz CT molecular complexity index is 1830. The van der Waals surface area contributed by atoms with E-state index < -0.39 is 41.8 Å². The van der Waals surface area contributed by atoms with Gasteiger partial charge in [0.1, 0.15) is 11.6 Å². The van der Waals surface area contributed by atoms with Gasteiger partial charge in [-0.15, -0.1) is 0 Å². The fourth-order valence-corrected chi connectivity index (χ4v) is 5.21. The number of methoxy groups -OCH3 is 2. The molecular formula is C36H38F2N2O9. The molecule has 0 radical (unpaired) electrons. The molecule has 0 aliphatic carbocycles. The number of aliphatic carboxylic acids is 2. The van der Waals surface area contributed by atoms with E-state index in [9.17, 15) is 38.5 Å². The van der Waals surface area contributed by atoms with E-state index in [1.54, 1.807) is 24.3 Å². The van der Waals surface area contributed by atoms with Crippen molar-refractivity contribution in [1.29, 1.82) is 0 Å². The molecule has 49 heavy (non-hydrogen) atoms. The highest BCUT2D eigenvalue weighted by Crippen LogP contribution is 2.39. The lowest BCUT2D eigenvalue weighted by atomic mass is 9.87. The summed E-state index contributed by atoms with van der Waals surface area (Å²) in [4.78, 5) is 42.5. The van der Waals surface area contributed by atoms with Crippen LogP contribution in [0.4, 0.5) is 8.78 Å². The van der Waals surface area contributed by atoms with Crippen molar-refractivity contribution in [3.8, 4) is 34.0 Å². The van der Waals surface area contributed by atoms with Crippen LogP contribution in [0.5, 0.6) is 11.8 Å². The number of ether oxygens (including phenoxy) is 3. The minimum Gasteiger partial charge on any atom is -0.481 e. The smallest absolute Gasteiger partial charge is 0.349 e. The summed E-state index contributed by atoms with van der Waals surface area (Å²) in [7, 11) is 2.89. The van der Waals surface area contributed by atoms with Crippen LogP contribution in [0.2, 0.25) is 0 Å². The first-order chi connectivity index (χ1) is 23.1. The molecule has 0 spiro atoms. The number of carboxylic acid groups (broad SMARTS) is 2. The molecule has 2 heterocycles. The zero-order valence-electron chi connectivity index (χ0n) is 28.0. The number of carbonyl (C=O) groups is 3. The molecule has 4 aromatic rings. The Labute approximate surface area is 282 Å². The second-order valence-corrected chi connectivity index (χ2v) is 11.5. The Morgan fingerprint density at radius 2 is 1.12 bits per heavy atom. The summed E-state index contributed by atoms with van der Waals surface area (Å²) >= 11 is 0. The summed E-state index contributed by atoms with van der Waals surface area (Å²) in [6.07, 6.45) is -0.355. The maximum absolute atomic E-state index is 14.3. The second-order valence-electron chi connectivity index (χ2n) is 11.5. The van der Waals surface area contributed by atoms with Crippen molar-refractivity contribution in [3.05, 3.63) is 94.8 Å². The van der Waals surface area contributed by atoms with Crippen LogP contribution in [0, 0.1) is 11.6 Å². The van der Waals surface area contributed by atoms with E-state index in [0.717, 1.165) is 6.92 Å². The zero-order chi connectivity index (χ0) is 36.6. The van der Waals surface area contributed by atoms with Gasteiger partial charge in [-0.3, -0.25) is 4.79 Å². The van der Waals surface area contributed by atoms with E-state index in [1.165, 1.54) is 50.9 Å². The van der Waals surface area contributed by atoms with E-state index >= 15 is 0 Å². The summed E-state index contributed by atoms with van der Waals surface area (Å²) in [5.41, 5.74) is 2.96. The second kappa shape index (κ2) is 16.6. The van der Waals surface area contributed by atoms with Crippen molar-refractivity contribution in [2.24, 2.45) is 0 Å². The topological polar surface area (TPSA) is 165 Å². The summed E-state index contributed by atoms with van der Waals surface area (Å²) in [5, 5.41) is 28.9. The van der Waals surface area contributed by atoms with E-state index in [1.807, 2.05) is 27.7 Å². The van der Waals surface area contributed by atoms with E-state index in [0.29, 0.717) is 45.1 Å². The molecule has 260 valence electrons. The van der Waals surface area contributed by atoms with Gasteiger partial charge in [-0.05, 0) is 81.6 Å². The van der Waals surface area contributed by atoms with Crippen LogP contribution in [0.15, 0.2) is 60.9 Å². The summed E-state index contributed by atoms with van der Waals surface area (Å²) in [5.74, 6) is -4.22. The van der Waals surface area contributed by atoms with Crippen molar-refractivity contribution in [1.82, 2.24) is 9.97 Å². The van der Waals surface area contributed by atoms with Crippen LogP contribution in [0.25, 0.3) is 22.3 Å². The fraction of sp³-hybridized carbons (Fsp3) is 0.306. The van der Waals surface area contributed by atoms with Gasteiger partial charge >= 0.3 is 17.9 Å². The number of aliphatic hydroxyl groups excluding tert-OH is 1. The molecule has 2 unspecified atom stereocenters. The third-order valence-corrected chi connectivity index (χ3v) is 7.39. The number of rotatable bonds is 11. The summed E-state index contributed by atoms with van der Waals surface area (Å²) in [6.45, 7) is 8.36. The minimum absolute atomic E-state index is 0.155. The number of esters is 1. The van der Waals surface area contributed by atoms with Crippen LogP contribution in [-0.2, 0) is 19.1 Å². The first-order valence-electron chi connectivity index (χ1n) is 15.1. The van der Waals surface area contributed by atoms with Crippen LogP contribution in [0.3, 0.4) is 0 Å². The monoisotopic (exact) mass is 680 g/mol. The Morgan fingerprint density at radius 3 is 1.49 bits per heavy atom. The normalized spacial score (nSPS) is 12.1. The number of nitrogens with zero attached hydrogens (tertiary/aromatic N) is 2. The Morgan fingerprint density at radius 1 is 0.694 bits per heavy atom. The van der Waals surface area contributed by atoms with Crippen molar-refractivity contribution in [2.75, 3.05) is 14.2 Å². The highest BCUT2D eigenvalue weighted by Gasteiger charge is 2.31. The number of halogens is 2. The predicted octanol–water partition coefficient (Wildman–Crippen LogP) is 6.85. The molecule has 0 saturated carbocycles. The molecule has 0 aliphatic rings. The van der Waals surface area contributed by atoms with Crippen molar-refractivity contribution in [3.63, 3.8) is 0 Å². The van der Waals surface area contributed by atoms with Crippen LogP contribution in [0.1, 0.15) is 80.9 Å². The van der Waals surface area contributed by atoms with E-state index in [-0.39, 0.29) is 23.0 Å². The third-order valence-electron chi connectivity index (χ3n) is 7.39. The molecule has 2 aromatic heterocycles. The molecule has 0 bridgehead atoms. The molecule has 2 aromatic carbocycles. The quantitative estimate of drug-likeness (QED) is 0.142. The van der Waals surface area contributed by atoms with Gasteiger partial charge in [0, 0.05) is 42.6 Å². The van der Waals surface area contributed by atoms with Crippen LogP contribution >= 0.6 is 0 Å². The van der Waals surface area contributed by atoms with Gasteiger partial charge in [-0.25, -0.2) is 28.3 Å². The molecule has 0 amide bonds. The molecule has 0 saturated heterocycles. The lowest BCUT2D eigenvalue weighted by Gasteiger charge is -2.23. The average molecular weight is 681 g/mol. The number of pyridine rings is 2. The number of aromatic nitrogens is 2. The summed E-state index contributed by atoms with van der Waals surface area (Å²) in [6, 6.07) is 11.3. The van der Waals surface area contributed by atoms with Gasteiger partial charge in [0.25, 0.3) is 0 Å². The number of carboxylic acids is 2. The lowest BCUT2D eigenvalue weighted by molar-refractivity contribution is -0.163. The molecule has 2 atom stereocenters. The molecule has 0 aliphatic heterocycles. The van der Waals surface area contributed by atoms with Crippen molar-refractivity contribution in [2.45, 2.75) is 58.7 Å². The van der Waals surface area contributed by atoms with E-state index in [2.05, 4.69) is 9.97 Å². The predicted molar refractivity (Wildman–Crippen MR) is 175 cm³/mol. The number of hydrogen-bond donors (Lipinski definition) is 3. The van der Waals surface area contributed by atoms with Gasteiger partial charge in [0.05, 0.1) is 14.2 Å². The maximum Gasteiger partial charge on any atom is 0.349 e. The molecule has 4 rings (SSSR count). The highest BCUT2D eigenvalue weighted by molar-refractivity contribution is 5.84. The SMILES string of the molecule is COc1cc(-c2cc(F)cc(C(C)C)c2C(O)C(=O)O)ccn1.COc1cc(-c2cc(F)cc(C(C)C)c2C(OC(C)=O)C(=O)O)ccn1. The Kier molecular flexibility index (Phi) is 12.9. The Hall–Kier alpha value is -5.43. The molecule has 3 N–H and O–H groups in total. The van der Waals surface area contributed by atoms with Gasteiger partial charge in [-0.1, -0.05) is 27.7 Å². The summed E-state index contributed by atoms with van der Waals surface area (Å²) < 4.78 is 43.5. The number of benzene rings is 2. The van der Waals surface area contributed by atoms with Crippen molar-refractivity contribution >= 4 is 17.9 Å². The zero-order valence-corrected chi connectivity index (χ0v) is 28.0. The third kappa shape index (κ3) is 9.35. The average Bonchev–Trinajstić information content (AvgIpc) is 3.06. The molecule has 0 fully saturated rings. The lowest BCUT2D eigenvalue weighted by Crippen LogP contribution is -2.21. The molecule has 13 heteroatoms. The van der Waals surface area contributed by atoms with Gasteiger partial charge in [-0.2, -0.15) is 0 Å². The van der Waals surface area contributed by atoms with Gasteiger partial charge in [0.15, 0.2) is 6.10 Å².